The summed E-state index contributed by atoms with van der Waals surface area (Å²) in [5.74, 6) is 1.42. The van der Waals surface area contributed by atoms with E-state index in [4.69, 9.17) is 9.47 Å². The summed E-state index contributed by atoms with van der Waals surface area (Å²) in [6.45, 7) is 2.25. The number of fused-ring (bicyclic) bond motifs is 1. The third kappa shape index (κ3) is 3.39. The molecule has 2 aromatic rings. The second-order valence-electron chi connectivity index (χ2n) is 7.41. The number of ether oxygens (including phenoxy) is 2. The quantitative estimate of drug-likeness (QED) is 0.901. The fourth-order valence-corrected chi connectivity index (χ4v) is 4.05. The van der Waals surface area contributed by atoms with Gasteiger partial charge in [0, 0.05) is 0 Å². The average molecular weight is 367 g/mol. The van der Waals surface area contributed by atoms with Gasteiger partial charge in [-0.1, -0.05) is 12.1 Å². The molecule has 1 fully saturated rings. The van der Waals surface area contributed by atoms with E-state index in [0.29, 0.717) is 11.3 Å². The van der Waals surface area contributed by atoms with Crippen LogP contribution in [0.4, 0.5) is 0 Å². The van der Waals surface area contributed by atoms with Crippen molar-refractivity contribution < 1.29 is 19.4 Å². The van der Waals surface area contributed by atoms with Crippen LogP contribution < -0.4 is 9.47 Å². The Hall–Kier alpha value is -2.53. The summed E-state index contributed by atoms with van der Waals surface area (Å²) >= 11 is 0. The van der Waals surface area contributed by atoms with Gasteiger partial charge in [0.25, 0.3) is 5.91 Å². The third-order valence-corrected chi connectivity index (χ3v) is 5.69. The Kier molecular flexibility index (Phi) is 4.79. The third-order valence-electron chi connectivity index (χ3n) is 5.69. The minimum absolute atomic E-state index is 0.0434. The van der Waals surface area contributed by atoms with Gasteiger partial charge in [0.2, 0.25) is 0 Å². The Morgan fingerprint density at radius 1 is 1.22 bits per heavy atom. The summed E-state index contributed by atoms with van der Waals surface area (Å²) < 4.78 is 11.1. The molecule has 1 N–H and O–H groups in total. The molecule has 0 spiro atoms. The van der Waals surface area contributed by atoms with E-state index in [2.05, 4.69) is 0 Å². The van der Waals surface area contributed by atoms with E-state index in [0.717, 1.165) is 48.1 Å². The zero-order valence-electron chi connectivity index (χ0n) is 15.8. The maximum Gasteiger partial charge on any atom is 0.260 e. The van der Waals surface area contributed by atoms with Crippen LogP contribution in [0.1, 0.15) is 46.3 Å². The fourth-order valence-electron chi connectivity index (χ4n) is 4.05. The predicted octanol–water partition coefficient (Wildman–Crippen LogP) is 3.30. The topological polar surface area (TPSA) is 59.0 Å². The Morgan fingerprint density at radius 3 is 2.67 bits per heavy atom. The van der Waals surface area contributed by atoms with Crippen LogP contribution in [0.5, 0.6) is 11.5 Å². The first-order valence-corrected chi connectivity index (χ1v) is 9.45. The van der Waals surface area contributed by atoms with Gasteiger partial charge in [-0.3, -0.25) is 9.69 Å². The van der Waals surface area contributed by atoms with Crippen molar-refractivity contribution in [2.24, 2.45) is 0 Å². The van der Waals surface area contributed by atoms with Gasteiger partial charge in [-0.25, -0.2) is 0 Å². The lowest BCUT2D eigenvalue weighted by molar-refractivity contribution is 0.0127. The van der Waals surface area contributed by atoms with Crippen molar-refractivity contribution in [2.45, 2.75) is 44.8 Å². The number of amides is 1. The minimum atomic E-state index is -0.455. The van der Waals surface area contributed by atoms with E-state index in [9.17, 15) is 9.90 Å². The van der Waals surface area contributed by atoms with Crippen LogP contribution in [0.3, 0.4) is 0 Å². The molecule has 4 rings (SSSR count). The molecule has 142 valence electrons. The molecule has 1 amide bonds. The summed E-state index contributed by atoms with van der Waals surface area (Å²) in [5, 5.41) is 10.2. The molecule has 2 aliphatic rings. The molecule has 2 unspecified atom stereocenters. The zero-order valence-corrected chi connectivity index (χ0v) is 15.8. The number of aliphatic hydroxyl groups excluding tert-OH is 1. The van der Waals surface area contributed by atoms with Crippen LogP contribution >= 0.6 is 0 Å². The highest BCUT2D eigenvalue weighted by atomic mass is 16.5. The maximum absolute atomic E-state index is 13.1. The van der Waals surface area contributed by atoms with E-state index in [1.165, 1.54) is 0 Å². The van der Waals surface area contributed by atoms with E-state index in [1.807, 2.05) is 43.3 Å². The van der Waals surface area contributed by atoms with E-state index < -0.39 is 6.10 Å². The van der Waals surface area contributed by atoms with Gasteiger partial charge in [0.1, 0.15) is 11.5 Å². The fraction of sp³-hybridized carbons (Fsp3) is 0.409. The molecule has 27 heavy (non-hydrogen) atoms. The summed E-state index contributed by atoms with van der Waals surface area (Å²) in [7, 11) is 1.65. The second-order valence-corrected chi connectivity index (χ2v) is 7.41. The first-order chi connectivity index (χ1) is 13.1. The number of aryl methyl sites for hydroxylation is 1. The lowest BCUT2D eigenvalue weighted by Gasteiger charge is -2.35. The highest BCUT2D eigenvalue weighted by Crippen LogP contribution is 2.33. The van der Waals surface area contributed by atoms with Crippen molar-refractivity contribution in [3.8, 4) is 11.5 Å². The van der Waals surface area contributed by atoms with Gasteiger partial charge in [0.15, 0.2) is 6.73 Å². The molecule has 0 saturated heterocycles. The van der Waals surface area contributed by atoms with Crippen molar-refractivity contribution in [1.82, 2.24) is 4.90 Å². The van der Waals surface area contributed by atoms with Crippen LogP contribution in [-0.2, 0) is 6.42 Å². The average Bonchev–Trinajstić information content (AvgIpc) is 3.09. The van der Waals surface area contributed by atoms with E-state index in [-0.39, 0.29) is 18.7 Å². The van der Waals surface area contributed by atoms with Crippen molar-refractivity contribution in [3.05, 3.63) is 58.7 Å². The summed E-state index contributed by atoms with van der Waals surface area (Å²) in [6, 6.07) is 11.7. The molecule has 0 radical (unpaired) electrons. The molecule has 1 aliphatic heterocycles. The number of nitrogens with zero attached hydrogens (tertiary/aromatic N) is 1. The first kappa shape index (κ1) is 17.9. The first-order valence-electron chi connectivity index (χ1n) is 9.45. The van der Waals surface area contributed by atoms with Crippen molar-refractivity contribution in [2.75, 3.05) is 13.8 Å². The minimum Gasteiger partial charge on any atom is -0.497 e. The molecule has 0 bridgehead atoms. The molecule has 2 atom stereocenters. The van der Waals surface area contributed by atoms with Gasteiger partial charge in [-0.15, -0.1) is 0 Å². The number of rotatable bonds is 4. The second kappa shape index (κ2) is 7.24. The largest absolute Gasteiger partial charge is 0.497 e. The number of carbonyl (C=O) groups is 1. The molecular weight excluding hydrogens is 342 g/mol. The molecule has 1 saturated carbocycles. The molecule has 5 heteroatoms. The lowest BCUT2D eigenvalue weighted by atomic mass is 9.96. The summed E-state index contributed by atoms with van der Waals surface area (Å²) in [5.41, 5.74) is 3.96. The Bertz CT molecular complexity index is 846. The highest BCUT2D eigenvalue weighted by molar-refractivity contribution is 5.98. The van der Waals surface area contributed by atoms with Gasteiger partial charge in [-0.05, 0) is 73.6 Å². The van der Waals surface area contributed by atoms with Crippen LogP contribution in [0, 0.1) is 6.92 Å². The van der Waals surface area contributed by atoms with Gasteiger partial charge in [0.05, 0.1) is 24.8 Å². The number of hydrogen-bond acceptors (Lipinski definition) is 4. The lowest BCUT2D eigenvalue weighted by Crippen LogP contribution is -2.48. The standard InChI is InChI=1S/C22H25NO4/c1-14-10-21-18(12-16(14)11-15-6-8-17(26-2)9-7-15)22(25)23(13-27-21)19-4-3-5-20(19)24/h6-10,12,19-20,24H,3-5,11,13H2,1-2H3. The predicted molar refractivity (Wildman–Crippen MR) is 102 cm³/mol. The van der Waals surface area contributed by atoms with Gasteiger partial charge < -0.3 is 14.6 Å². The molecule has 0 aromatic heterocycles. The zero-order chi connectivity index (χ0) is 19.0. The van der Waals surface area contributed by atoms with Crippen LogP contribution in [0.15, 0.2) is 36.4 Å². The van der Waals surface area contributed by atoms with Crippen molar-refractivity contribution >= 4 is 5.91 Å². The van der Waals surface area contributed by atoms with Crippen LogP contribution in [-0.4, -0.2) is 41.9 Å². The summed E-state index contributed by atoms with van der Waals surface area (Å²) in [6.07, 6.45) is 2.80. The molecule has 2 aromatic carbocycles. The number of carbonyl (C=O) groups excluding carboxylic acids is 1. The Morgan fingerprint density at radius 2 is 2.00 bits per heavy atom. The van der Waals surface area contributed by atoms with Crippen LogP contribution in [0.25, 0.3) is 0 Å². The van der Waals surface area contributed by atoms with Gasteiger partial charge in [-0.2, -0.15) is 0 Å². The van der Waals surface area contributed by atoms with Crippen LogP contribution in [0.2, 0.25) is 0 Å². The Balaban J connectivity index is 1.60. The monoisotopic (exact) mass is 367 g/mol. The number of hydrogen-bond donors (Lipinski definition) is 1. The van der Waals surface area contributed by atoms with Crippen molar-refractivity contribution in [3.63, 3.8) is 0 Å². The van der Waals surface area contributed by atoms with Crippen molar-refractivity contribution in [1.29, 1.82) is 0 Å². The molecule has 5 nitrogen and oxygen atoms in total. The highest BCUT2D eigenvalue weighted by Gasteiger charge is 2.37. The van der Waals surface area contributed by atoms with Gasteiger partial charge >= 0.3 is 0 Å². The molecular formula is C22H25NO4. The number of benzene rings is 2. The number of aliphatic hydroxyl groups is 1. The maximum atomic E-state index is 13.1. The SMILES string of the molecule is COc1ccc(Cc2cc3c(cc2C)OCN(C2CCCC2O)C3=O)cc1. The Labute approximate surface area is 159 Å². The summed E-state index contributed by atoms with van der Waals surface area (Å²) in [4.78, 5) is 14.8. The number of methoxy groups -OCH3 is 1. The smallest absolute Gasteiger partial charge is 0.260 e. The normalized spacial score (nSPS) is 21.7. The molecule has 1 aliphatic carbocycles. The molecule has 1 heterocycles. The van der Waals surface area contributed by atoms with E-state index >= 15 is 0 Å². The van der Waals surface area contributed by atoms with E-state index in [1.54, 1.807) is 12.0 Å².